The zero-order chi connectivity index (χ0) is 28.4. The molecule has 5 rings (SSSR count). The van der Waals surface area contributed by atoms with Gasteiger partial charge in [-0.25, -0.2) is 4.39 Å². The molecule has 0 bridgehead atoms. The molecule has 1 N–H and O–H groups in total. The minimum atomic E-state index is -4.48. The van der Waals surface area contributed by atoms with Crippen molar-refractivity contribution < 1.29 is 27.2 Å². The number of fused-ring (bicyclic) bond motifs is 1. The molecule has 0 spiro atoms. The largest absolute Gasteiger partial charge is 0.405 e. The average Bonchev–Trinajstić information content (AvgIpc) is 3.35. The first-order valence-electron chi connectivity index (χ1n) is 13.0. The second kappa shape index (κ2) is 11.1. The van der Waals surface area contributed by atoms with Crippen LogP contribution in [0.1, 0.15) is 39.1 Å². The van der Waals surface area contributed by atoms with E-state index in [0.717, 1.165) is 29.4 Å². The summed E-state index contributed by atoms with van der Waals surface area (Å²) in [5.41, 5.74) is 3.83. The first-order chi connectivity index (χ1) is 19.1. The van der Waals surface area contributed by atoms with Gasteiger partial charge in [0.2, 0.25) is 0 Å². The molecule has 1 saturated heterocycles. The molecule has 10 heteroatoms. The quantitative estimate of drug-likeness (QED) is 0.299. The predicted molar refractivity (Wildman–Crippen MR) is 143 cm³/mol. The normalized spacial score (nSPS) is 14.5. The molecule has 1 aromatic heterocycles. The minimum absolute atomic E-state index is 0.0270. The van der Waals surface area contributed by atoms with Crippen LogP contribution in [-0.2, 0) is 6.54 Å². The van der Waals surface area contributed by atoms with Crippen molar-refractivity contribution in [3.8, 4) is 11.1 Å². The van der Waals surface area contributed by atoms with Gasteiger partial charge in [-0.3, -0.25) is 14.3 Å². The van der Waals surface area contributed by atoms with Gasteiger partial charge in [0.25, 0.3) is 11.8 Å². The van der Waals surface area contributed by atoms with Gasteiger partial charge in [0, 0.05) is 42.3 Å². The van der Waals surface area contributed by atoms with Crippen LogP contribution in [0.5, 0.6) is 0 Å². The molecule has 1 fully saturated rings. The molecule has 6 nitrogen and oxygen atoms in total. The van der Waals surface area contributed by atoms with E-state index in [-0.39, 0.29) is 17.3 Å². The van der Waals surface area contributed by atoms with Crippen LogP contribution >= 0.6 is 0 Å². The fourth-order valence-electron chi connectivity index (χ4n) is 5.11. The van der Waals surface area contributed by atoms with Gasteiger partial charge in [-0.1, -0.05) is 24.3 Å². The highest BCUT2D eigenvalue weighted by Crippen LogP contribution is 2.26. The number of rotatable bonds is 6. The van der Waals surface area contributed by atoms with E-state index in [1.54, 1.807) is 37.3 Å². The number of carbonyl (C=O) groups excluding carboxylic acids is 2. The molecule has 0 unspecified atom stereocenters. The van der Waals surface area contributed by atoms with Crippen molar-refractivity contribution in [1.29, 1.82) is 0 Å². The molecule has 0 radical (unpaired) electrons. The molecule has 1 aliphatic rings. The molecule has 2 amide bonds. The Kier molecular flexibility index (Phi) is 7.60. The lowest BCUT2D eigenvalue weighted by Gasteiger charge is -2.32. The van der Waals surface area contributed by atoms with E-state index in [4.69, 9.17) is 0 Å². The van der Waals surface area contributed by atoms with E-state index in [9.17, 15) is 27.2 Å². The fourth-order valence-corrected chi connectivity index (χ4v) is 5.11. The Balaban J connectivity index is 1.18. The van der Waals surface area contributed by atoms with E-state index in [2.05, 4.69) is 5.10 Å². The maximum absolute atomic E-state index is 13.2. The lowest BCUT2D eigenvalue weighted by molar-refractivity contribution is -0.123. The third-order valence-corrected chi connectivity index (χ3v) is 7.36. The second-order valence-corrected chi connectivity index (χ2v) is 10.1. The number of hydrogen-bond donors (Lipinski definition) is 1. The van der Waals surface area contributed by atoms with Crippen molar-refractivity contribution in [3.05, 3.63) is 89.4 Å². The Hall–Kier alpha value is -4.21. The standard InChI is InChI=1S/C30H28F4N4O2/c1-19-25(28(39)35-18-30(32,33)34)10-11-27-26(19)17-38(36-27)16-20-12-14-37(15-13-20)29(40)23-4-2-21(3-5-23)22-6-8-24(31)9-7-22/h2-11,17,20H,12-16,18H2,1H3,(H,35,39). The summed E-state index contributed by atoms with van der Waals surface area (Å²) >= 11 is 0. The van der Waals surface area contributed by atoms with Crippen molar-refractivity contribution in [2.45, 2.75) is 32.5 Å². The van der Waals surface area contributed by atoms with Crippen molar-refractivity contribution in [2.75, 3.05) is 19.6 Å². The number of aromatic nitrogens is 2. The second-order valence-electron chi connectivity index (χ2n) is 10.1. The van der Waals surface area contributed by atoms with Crippen LogP contribution in [-0.4, -0.2) is 52.3 Å². The SMILES string of the molecule is Cc1c(C(=O)NCC(F)(F)F)ccc2nn(CC3CCN(C(=O)c4ccc(-c5ccc(F)cc5)cc4)CC3)cc12. The van der Waals surface area contributed by atoms with Gasteiger partial charge in [0.15, 0.2) is 0 Å². The first kappa shape index (κ1) is 27.4. The molecule has 1 aliphatic heterocycles. The summed E-state index contributed by atoms with van der Waals surface area (Å²) in [5, 5.41) is 7.23. The molecule has 3 aromatic carbocycles. The zero-order valence-corrected chi connectivity index (χ0v) is 21.8. The third kappa shape index (κ3) is 6.16. The Labute approximate surface area is 228 Å². The smallest absolute Gasteiger partial charge is 0.343 e. The molecular weight excluding hydrogens is 524 g/mol. The molecule has 0 atom stereocenters. The van der Waals surface area contributed by atoms with Crippen LogP contribution in [0.3, 0.4) is 0 Å². The molecule has 208 valence electrons. The number of likely N-dealkylation sites (tertiary alicyclic amines) is 1. The molecular formula is C30H28F4N4O2. The number of nitrogens with one attached hydrogen (secondary N) is 1. The summed E-state index contributed by atoms with van der Waals surface area (Å²) in [6, 6.07) is 16.7. The number of benzene rings is 3. The summed E-state index contributed by atoms with van der Waals surface area (Å²) in [7, 11) is 0. The summed E-state index contributed by atoms with van der Waals surface area (Å²) in [6.45, 7) is 2.19. The summed E-state index contributed by atoms with van der Waals surface area (Å²) in [5.74, 6) is -0.794. The number of piperidine rings is 1. The minimum Gasteiger partial charge on any atom is -0.343 e. The summed E-state index contributed by atoms with van der Waals surface area (Å²) in [6.07, 6.45) is -1.04. The van der Waals surface area contributed by atoms with Crippen LogP contribution < -0.4 is 5.32 Å². The van der Waals surface area contributed by atoms with E-state index in [1.807, 2.05) is 33.2 Å². The lowest BCUT2D eigenvalue weighted by atomic mass is 9.96. The number of hydrogen-bond acceptors (Lipinski definition) is 3. The molecule has 4 aromatic rings. The number of alkyl halides is 3. The number of halogens is 4. The predicted octanol–water partition coefficient (Wildman–Crippen LogP) is 6.00. The first-order valence-corrected chi connectivity index (χ1v) is 13.0. The van der Waals surface area contributed by atoms with Gasteiger partial charge in [-0.15, -0.1) is 0 Å². The van der Waals surface area contributed by atoms with Gasteiger partial charge < -0.3 is 10.2 Å². The fraction of sp³-hybridized carbons (Fsp3) is 0.300. The van der Waals surface area contributed by atoms with E-state index in [0.29, 0.717) is 42.2 Å². The van der Waals surface area contributed by atoms with E-state index < -0.39 is 18.6 Å². The maximum Gasteiger partial charge on any atom is 0.405 e. The third-order valence-electron chi connectivity index (χ3n) is 7.36. The monoisotopic (exact) mass is 552 g/mol. The topological polar surface area (TPSA) is 67.2 Å². The number of carbonyl (C=O) groups is 2. The van der Waals surface area contributed by atoms with E-state index in [1.165, 1.54) is 18.2 Å². The van der Waals surface area contributed by atoms with Crippen LogP contribution in [0.15, 0.2) is 66.9 Å². The number of amides is 2. The van der Waals surface area contributed by atoms with Crippen LogP contribution in [0.2, 0.25) is 0 Å². The Bertz CT molecular complexity index is 1520. The molecule has 40 heavy (non-hydrogen) atoms. The Morgan fingerprint density at radius 2 is 1.57 bits per heavy atom. The van der Waals surface area contributed by atoms with Crippen molar-refractivity contribution in [3.63, 3.8) is 0 Å². The van der Waals surface area contributed by atoms with Crippen molar-refractivity contribution in [1.82, 2.24) is 20.0 Å². The molecule has 2 heterocycles. The van der Waals surface area contributed by atoms with Gasteiger partial charge in [0.1, 0.15) is 12.4 Å². The van der Waals surface area contributed by atoms with Gasteiger partial charge in [0.05, 0.1) is 5.52 Å². The van der Waals surface area contributed by atoms with Gasteiger partial charge >= 0.3 is 6.18 Å². The average molecular weight is 553 g/mol. The van der Waals surface area contributed by atoms with E-state index >= 15 is 0 Å². The maximum atomic E-state index is 13.2. The molecule has 0 saturated carbocycles. The highest BCUT2D eigenvalue weighted by Gasteiger charge is 2.28. The number of nitrogens with zero attached hydrogens (tertiary/aromatic N) is 3. The van der Waals surface area contributed by atoms with Crippen LogP contribution in [0, 0.1) is 18.7 Å². The van der Waals surface area contributed by atoms with Crippen LogP contribution in [0.25, 0.3) is 22.0 Å². The summed E-state index contributed by atoms with van der Waals surface area (Å²) < 4.78 is 52.5. The Morgan fingerprint density at radius 1 is 0.950 bits per heavy atom. The highest BCUT2D eigenvalue weighted by atomic mass is 19.4. The van der Waals surface area contributed by atoms with Gasteiger partial charge in [-0.05, 0) is 78.8 Å². The van der Waals surface area contributed by atoms with Crippen molar-refractivity contribution in [2.24, 2.45) is 5.92 Å². The van der Waals surface area contributed by atoms with Crippen molar-refractivity contribution >= 4 is 22.7 Å². The van der Waals surface area contributed by atoms with Crippen LogP contribution in [0.4, 0.5) is 17.6 Å². The lowest BCUT2D eigenvalue weighted by Crippen LogP contribution is -2.39. The number of aryl methyl sites for hydroxylation is 1. The highest BCUT2D eigenvalue weighted by molar-refractivity contribution is 6.00. The zero-order valence-electron chi connectivity index (χ0n) is 21.8. The Morgan fingerprint density at radius 3 is 2.20 bits per heavy atom. The molecule has 0 aliphatic carbocycles. The summed E-state index contributed by atoms with van der Waals surface area (Å²) in [4.78, 5) is 27.2. The van der Waals surface area contributed by atoms with Gasteiger partial charge in [-0.2, -0.15) is 18.3 Å².